The largest absolute Gasteiger partial charge is 0.442 e. The minimum absolute atomic E-state index is 0.0661. The number of nitrogens with zero attached hydrogens (tertiary/aromatic N) is 2. The molecule has 0 bridgehead atoms. The lowest BCUT2D eigenvalue weighted by Crippen LogP contribution is -2.28. The van der Waals surface area contributed by atoms with E-state index in [1.54, 1.807) is 19.1 Å². The average Bonchev–Trinajstić information content (AvgIpc) is 2.85. The maximum atomic E-state index is 15.1. The van der Waals surface area contributed by atoms with Crippen LogP contribution < -0.4 is 5.32 Å². The summed E-state index contributed by atoms with van der Waals surface area (Å²) in [6, 6.07) is 3.50. The lowest BCUT2D eigenvalue weighted by atomic mass is 9.78. The highest BCUT2D eigenvalue weighted by molar-refractivity contribution is 6.12. The first-order chi connectivity index (χ1) is 14.8. The second kappa shape index (κ2) is 7.99. The molecule has 1 N–H and O–H groups in total. The van der Waals surface area contributed by atoms with Gasteiger partial charge in [-0.15, -0.1) is 0 Å². The molecule has 0 amide bonds. The summed E-state index contributed by atoms with van der Waals surface area (Å²) < 4.78 is 20.8. The third-order valence-corrected chi connectivity index (χ3v) is 6.07. The van der Waals surface area contributed by atoms with Crippen molar-refractivity contribution in [1.82, 2.24) is 5.32 Å². The standard InChI is InChI=1S/C26H26FN3O/c1-7-21-23-16(5)31-17(6)28-13-18(23)10-12-20-19-11-9-14(3)25(27)24(19)22(8-2)30-26(20)15(4)29-21/h7-9,11,20,26,28H,1-2,4-6,10,12-13H2,3H3/b29-21-. The number of halogens is 1. The van der Waals surface area contributed by atoms with Crippen molar-refractivity contribution in [2.75, 3.05) is 6.54 Å². The molecule has 1 aromatic rings. The topological polar surface area (TPSA) is 46.0 Å². The smallest absolute Gasteiger partial charge is 0.186 e. The minimum atomic E-state index is -0.321. The Balaban J connectivity index is 1.90. The normalized spacial score (nSPS) is 25.0. The molecule has 4 rings (SSSR count). The van der Waals surface area contributed by atoms with Crippen molar-refractivity contribution in [2.24, 2.45) is 9.98 Å². The van der Waals surface area contributed by atoms with E-state index in [1.807, 2.05) is 12.1 Å². The Hall–Kier alpha value is -3.47. The molecule has 0 spiro atoms. The molecule has 0 saturated heterocycles. The molecule has 1 aromatic carbocycles. The molecular weight excluding hydrogens is 389 g/mol. The zero-order valence-electron chi connectivity index (χ0n) is 17.8. The molecule has 31 heavy (non-hydrogen) atoms. The molecular formula is C26H26FN3O. The van der Waals surface area contributed by atoms with Crippen molar-refractivity contribution in [2.45, 2.75) is 31.7 Å². The molecule has 3 heterocycles. The Labute approximate surface area is 182 Å². The van der Waals surface area contributed by atoms with Crippen LogP contribution in [0.15, 0.2) is 95.6 Å². The molecule has 0 aliphatic carbocycles. The maximum absolute atomic E-state index is 15.1. The van der Waals surface area contributed by atoms with E-state index in [-0.39, 0.29) is 17.8 Å². The summed E-state index contributed by atoms with van der Waals surface area (Å²) in [6.45, 7) is 22.3. The maximum Gasteiger partial charge on any atom is 0.186 e. The second-order valence-electron chi connectivity index (χ2n) is 7.94. The minimum Gasteiger partial charge on any atom is -0.442 e. The van der Waals surface area contributed by atoms with E-state index in [2.05, 4.69) is 38.2 Å². The van der Waals surface area contributed by atoms with E-state index in [0.29, 0.717) is 46.4 Å². The van der Waals surface area contributed by atoms with Gasteiger partial charge < -0.3 is 10.1 Å². The van der Waals surface area contributed by atoms with Crippen LogP contribution in [0.1, 0.15) is 35.4 Å². The van der Waals surface area contributed by atoms with Crippen molar-refractivity contribution >= 4 is 11.4 Å². The number of hydrogen-bond donors (Lipinski definition) is 1. The summed E-state index contributed by atoms with van der Waals surface area (Å²) >= 11 is 0. The molecule has 5 heteroatoms. The van der Waals surface area contributed by atoms with Crippen LogP contribution in [0.2, 0.25) is 0 Å². The molecule has 158 valence electrons. The van der Waals surface area contributed by atoms with Crippen molar-refractivity contribution in [3.05, 3.63) is 108 Å². The Morgan fingerprint density at radius 3 is 2.61 bits per heavy atom. The molecule has 0 radical (unpaired) electrons. The summed E-state index contributed by atoms with van der Waals surface area (Å²) in [4.78, 5) is 9.64. The lowest BCUT2D eigenvalue weighted by Gasteiger charge is -2.32. The van der Waals surface area contributed by atoms with E-state index in [9.17, 15) is 0 Å². The summed E-state index contributed by atoms with van der Waals surface area (Å²) in [5.41, 5.74) is 5.69. The number of fused-ring (bicyclic) bond motifs is 3. The van der Waals surface area contributed by atoms with Crippen LogP contribution in [-0.4, -0.2) is 24.0 Å². The van der Waals surface area contributed by atoms with Crippen LogP contribution in [0.3, 0.4) is 0 Å². The molecule has 4 nitrogen and oxygen atoms in total. The van der Waals surface area contributed by atoms with E-state index in [4.69, 9.17) is 14.7 Å². The fourth-order valence-corrected chi connectivity index (χ4v) is 4.53. The Morgan fingerprint density at radius 1 is 1.16 bits per heavy atom. The Morgan fingerprint density at radius 2 is 1.90 bits per heavy atom. The van der Waals surface area contributed by atoms with Crippen molar-refractivity contribution < 1.29 is 9.13 Å². The second-order valence-corrected chi connectivity index (χ2v) is 7.94. The highest BCUT2D eigenvalue weighted by atomic mass is 19.1. The SMILES string of the molecule is C=CC1=NC2C(=C)/N=C(/C=C)C3=C(CCC2c2ccc(C)c(F)c21)CNC(=C)OC3=C. The fraction of sp³-hybridized carbons (Fsp3) is 0.231. The van der Waals surface area contributed by atoms with Gasteiger partial charge in [-0.3, -0.25) is 9.98 Å². The van der Waals surface area contributed by atoms with Gasteiger partial charge in [-0.25, -0.2) is 4.39 Å². The average molecular weight is 416 g/mol. The van der Waals surface area contributed by atoms with E-state index in [1.165, 1.54) is 0 Å². The fourth-order valence-electron chi connectivity index (χ4n) is 4.53. The summed E-state index contributed by atoms with van der Waals surface area (Å²) in [5, 5.41) is 3.17. The van der Waals surface area contributed by atoms with Crippen molar-refractivity contribution in [1.29, 1.82) is 0 Å². The van der Waals surface area contributed by atoms with Crippen LogP contribution in [0.5, 0.6) is 0 Å². The van der Waals surface area contributed by atoms with Gasteiger partial charge in [0.15, 0.2) is 5.88 Å². The summed E-state index contributed by atoms with van der Waals surface area (Å²) in [5.74, 6) is 0.599. The van der Waals surface area contributed by atoms with E-state index < -0.39 is 0 Å². The van der Waals surface area contributed by atoms with Crippen molar-refractivity contribution in [3.63, 3.8) is 0 Å². The highest BCUT2D eigenvalue weighted by Gasteiger charge is 2.36. The molecule has 0 saturated carbocycles. The first kappa shape index (κ1) is 20.8. The van der Waals surface area contributed by atoms with E-state index >= 15 is 4.39 Å². The van der Waals surface area contributed by atoms with Crippen LogP contribution in [0.4, 0.5) is 4.39 Å². The molecule has 0 aromatic heterocycles. The Kier molecular flexibility index (Phi) is 5.36. The van der Waals surface area contributed by atoms with E-state index in [0.717, 1.165) is 29.6 Å². The number of benzene rings is 1. The molecule has 0 fully saturated rings. The number of rotatable bonds is 2. The van der Waals surface area contributed by atoms with Gasteiger partial charge in [0.25, 0.3) is 0 Å². The third kappa shape index (κ3) is 3.50. The molecule has 2 unspecified atom stereocenters. The highest BCUT2D eigenvalue weighted by Crippen LogP contribution is 2.41. The van der Waals surface area contributed by atoms with Crippen LogP contribution in [0.25, 0.3) is 0 Å². The molecule has 3 aliphatic heterocycles. The quantitative estimate of drug-likeness (QED) is 0.702. The van der Waals surface area contributed by atoms with Crippen LogP contribution >= 0.6 is 0 Å². The monoisotopic (exact) mass is 415 g/mol. The van der Waals surface area contributed by atoms with Gasteiger partial charge in [0.05, 0.1) is 23.2 Å². The number of hydrogen-bond acceptors (Lipinski definition) is 4. The summed E-state index contributed by atoms with van der Waals surface area (Å²) in [7, 11) is 0. The van der Waals surface area contributed by atoms with Gasteiger partial charge in [-0.2, -0.15) is 0 Å². The number of aryl methyl sites for hydroxylation is 1. The predicted molar refractivity (Wildman–Crippen MR) is 125 cm³/mol. The van der Waals surface area contributed by atoms with Gasteiger partial charge in [0, 0.05) is 23.6 Å². The first-order valence-electron chi connectivity index (χ1n) is 10.3. The van der Waals surface area contributed by atoms with Gasteiger partial charge in [-0.1, -0.05) is 38.4 Å². The zero-order valence-corrected chi connectivity index (χ0v) is 17.8. The first-order valence-corrected chi connectivity index (χ1v) is 10.3. The van der Waals surface area contributed by atoms with Gasteiger partial charge in [0.1, 0.15) is 11.6 Å². The number of aliphatic imine (C=N–C) groups is 2. The van der Waals surface area contributed by atoms with Gasteiger partial charge >= 0.3 is 0 Å². The molecule has 3 aliphatic rings. The summed E-state index contributed by atoms with van der Waals surface area (Å²) in [6.07, 6.45) is 4.76. The number of nitrogens with one attached hydrogen (secondary N) is 1. The molecule has 2 atom stereocenters. The van der Waals surface area contributed by atoms with Crippen LogP contribution in [0, 0.1) is 12.7 Å². The Bertz CT molecular complexity index is 1140. The van der Waals surface area contributed by atoms with Crippen molar-refractivity contribution in [3.8, 4) is 0 Å². The van der Waals surface area contributed by atoms with Crippen LogP contribution in [-0.2, 0) is 4.74 Å². The van der Waals surface area contributed by atoms with Gasteiger partial charge in [-0.05, 0) is 55.2 Å². The van der Waals surface area contributed by atoms with Gasteiger partial charge in [0.2, 0.25) is 0 Å². The predicted octanol–water partition coefficient (Wildman–Crippen LogP) is 5.41. The third-order valence-electron chi connectivity index (χ3n) is 6.07. The zero-order chi connectivity index (χ0) is 22.3. The number of allylic oxidation sites excluding steroid dienone is 3. The lowest BCUT2D eigenvalue weighted by molar-refractivity contribution is 0.298. The number of ether oxygens (including phenoxy) is 1.